The van der Waals surface area contributed by atoms with Gasteiger partial charge >= 0.3 is 0 Å². The molecule has 2 aromatic heterocycles. The Hall–Kier alpha value is -1.87. The second-order valence-corrected chi connectivity index (χ2v) is 6.51. The Morgan fingerprint density at radius 3 is 2.73 bits per heavy atom. The van der Waals surface area contributed by atoms with Gasteiger partial charge in [0.1, 0.15) is 6.26 Å². The van der Waals surface area contributed by atoms with Crippen molar-refractivity contribution in [3.05, 3.63) is 65.4 Å². The van der Waals surface area contributed by atoms with Crippen LogP contribution in [-0.2, 0) is 13.0 Å². The van der Waals surface area contributed by atoms with Crippen LogP contribution in [0.4, 0.5) is 0 Å². The molecule has 5 nitrogen and oxygen atoms in total. The first kappa shape index (κ1) is 20.4. The molecule has 7 heteroatoms. The van der Waals surface area contributed by atoms with E-state index in [1.807, 2.05) is 23.6 Å². The van der Waals surface area contributed by atoms with Crippen molar-refractivity contribution < 1.29 is 4.42 Å². The van der Waals surface area contributed by atoms with Gasteiger partial charge in [-0.05, 0) is 29.9 Å². The lowest BCUT2D eigenvalue weighted by Crippen LogP contribution is -2.37. The minimum atomic E-state index is 0. The molecule has 0 atom stereocenters. The van der Waals surface area contributed by atoms with Crippen LogP contribution in [0.15, 0.2) is 63.5 Å². The van der Waals surface area contributed by atoms with Crippen molar-refractivity contribution in [2.24, 2.45) is 4.99 Å². The van der Waals surface area contributed by atoms with E-state index >= 15 is 0 Å². The average Bonchev–Trinajstić information content (AvgIpc) is 3.33. The van der Waals surface area contributed by atoms with E-state index in [4.69, 9.17) is 4.42 Å². The van der Waals surface area contributed by atoms with Crippen LogP contribution in [0.25, 0.3) is 10.8 Å². The third-order valence-electron chi connectivity index (χ3n) is 3.72. The maximum absolute atomic E-state index is 5.52. The first-order valence-electron chi connectivity index (χ1n) is 8.32. The zero-order chi connectivity index (χ0) is 17.3. The summed E-state index contributed by atoms with van der Waals surface area (Å²) in [6, 6.07) is 14.5. The zero-order valence-corrected chi connectivity index (χ0v) is 17.8. The molecule has 138 valence electrons. The van der Waals surface area contributed by atoms with Gasteiger partial charge in [0, 0.05) is 13.6 Å². The number of nitrogens with one attached hydrogen (secondary N) is 2. The Labute approximate surface area is 175 Å². The van der Waals surface area contributed by atoms with Crippen LogP contribution in [0.1, 0.15) is 17.7 Å². The predicted molar refractivity (Wildman–Crippen MR) is 118 cm³/mol. The first-order chi connectivity index (χ1) is 12.3. The minimum absolute atomic E-state index is 0. The monoisotopic (exact) mass is 482 g/mol. The highest BCUT2D eigenvalue weighted by molar-refractivity contribution is 14.0. The van der Waals surface area contributed by atoms with Crippen LogP contribution in [0.3, 0.4) is 0 Å². The van der Waals surface area contributed by atoms with Crippen molar-refractivity contribution in [3.8, 4) is 10.8 Å². The summed E-state index contributed by atoms with van der Waals surface area (Å²) in [7, 11) is 1.77. The number of aliphatic imine (C=N–C) groups is 1. The zero-order valence-electron chi connectivity index (χ0n) is 14.6. The Morgan fingerprint density at radius 2 is 2.00 bits per heavy atom. The van der Waals surface area contributed by atoms with E-state index in [1.165, 1.54) is 5.56 Å². The van der Waals surface area contributed by atoms with Crippen molar-refractivity contribution in [1.29, 1.82) is 0 Å². The first-order valence-corrected chi connectivity index (χ1v) is 9.20. The Morgan fingerprint density at radius 1 is 1.15 bits per heavy atom. The van der Waals surface area contributed by atoms with E-state index in [1.54, 1.807) is 24.6 Å². The molecule has 0 aliphatic carbocycles. The van der Waals surface area contributed by atoms with Crippen molar-refractivity contribution in [1.82, 2.24) is 15.6 Å². The molecule has 0 fully saturated rings. The Kier molecular flexibility index (Phi) is 8.63. The molecule has 0 saturated carbocycles. The van der Waals surface area contributed by atoms with Crippen molar-refractivity contribution in [2.45, 2.75) is 19.4 Å². The van der Waals surface area contributed by atoms with Gasteiger partial charge in [0.25, 0.3) is 0 Å². The van der Waals surface area contributed by atoms with Gasteiger partial charge in [-0.1, -0.05) is 36.4 Å². The predicted octanol–water partition coefficient (Wildman–Crippen LogP) is 4.32. The minimum Gasteiger partial charge on any atom is -0.443 e. The maximum atomic E-state index is 5.52. The molecule has 2 heterocycles. The summed E-state index contributed by atoms with van der Waals surface area (Å²) >= 11 is 1.62. The third-order valence-corrected chi connectivity index (χ3v) is 4.58. The molecule has 3 rings (SSSR count). The van der Waals surface area contributed by atoms with Gasteiger partial charge in [-0.3, -0.25) is 4.99 Å². The summed E-state index contributed by atoms with van der Waals surface area (Å²) in [5.74, 6) is 1.44. The fourth-order valence-electron chi connectivity index (χ4n) is 2.44. The lowest BCUT2D eigenvalue weighted by molar-refractivity contribution is 0.573. The maximum Gasteiger partial charge on any atom is 0.236 e. The molecule has 0 saturated heterocycles. The molecular formula is C19H23IN4OS. The SMILES string of the molecule is CN=C(NCCCc1ccccc1)NCc1coc(-c2cccs2)n1.I. The number of thiophene rings is 1. The number of nitrogens with zero attached hydrogens (tertiary/aromatic N) is 2. The van der Waals surface area contributed by atoms with Gasteiger partial charge in [0.15, 0.2) is 5.96 Å². The molecule has 2 N–H and O–H groups in total. The fourth-order valence-corrected chi connectivity index (χ4v) is 3.10. The van der Waals surface area contributed by atoms with Crippen LogP contribution < -0.4 is 10.6 Å². The summed E-state index contributed by atoms with van der Waals surface area (Å²) in [4.78, 5) is 9.77. The summed E-state index contributed by atoms with van der Waals surface area (Å²) < 4.78 is 5.52. The van der Waals surface area contributed by atoms with Crippen LogP contribution >= 0.6 is 35.3 Å². The van der Waals surface area contributed by atoms with Crippen molar-refractivity contribution in [3.63, 3.8) is 0 Å². The largest absolute Gasteiger partial charge is 0.443 e. The van der Waals surface area contributed by atoms with Gasteiger partial charge in [-0.2, -0.15) is 0 Å². The van der Waals surface area contributed by atoms with Crippen LogP contribution in [0, 0.1) is 0 Å². The summed E-state index contributed by atoms with van der Waals surface area (Å²) in [5, 5.41) is 8.60. The Bertz CT molecular complexity index is 787. The molecule has 0 amide bonds. The number of hydrogen-bond acceptors (Lipinski definition) is 4. The van der Waals surface area contributed by atoms with Crippen molar-refractivity contribution >= 4 is 41.3 Å². The van der Waals surface area contributed by atoms with E-state index in [-0.39, 0.29) is 24.0 Å². The number of oxazole rings is 1. The molecule has 3 aromatic rings. The molecule has 0 spiro atoms. The number of rotatable bonds is 7. The fraction of sp³-hybridized carbons (Fsp3) is 0.263. The van der Waals surface area contributed by atoms with E-state index in [9.17, 15) is 0 Å². The topological polar surface area (TPSA) is 62.5 Å². The molecule has 0 radical (unpaired) electrons. The quantitative estimate of drug-likeness (QED) is 0.228. The molecular weight excluding hydrogens is 459 g/mol. The number of benzene rings is 1. The van der Waals surface area contributed by atoms with Gasteiger partial charge in [0.2, 0.25) is 5.89 Å². The molecule has 0 aliphatic rings. The number of hydrogen-bond donors (Lipinski definition) is 2. The highest BCUT2D eigenvalue weighted by atomic mass is 127. The van der Waals surface area contributed by atoms with Crippen LogP contribution in [-0.4, -0.2) is 24.5 Å². The highest BCUT2D eigenvalue weighted by Gasteiger charge is 2.08. The molecule has 0 unspecified atom stereocenters. The lowest BCUT2D eigenvalue weighted by Gasteiger charge is -2.10. The lowest BCUT2D eigenvalue weighted by atomic mass is 10.1. The normalized spacial score (nSPS) is 11.0. The Balaban J connectivity index is 0.00000243. The van der Waals surface area contributed by atoms with E-state index in [0.717, 1.165) is 35.9 Å². The number of aromatic nitrogens is 1. The second kappa shape index (κ2) is 11.0. The summed E-state index contributed by atoms with van der Waals surface area (Å²) in [6.45, 7) is 1.45. The highest BCUT2D eigenvalue weighted by Crippen LogP contribution is 2.23. The smallest absolute Gasteiger partial charge is 0.236 e. The van der Waals surface area contributed by atoms with Gasteiger partial charge in [-0.25, -0.2) is 4.98 Å². The second-order valence-electron chi connectivity index (χ2n) is 5.56. The van der Waals surface area contributed by atoms with Gasteiger partial charge < -0.3 is 15.1 Å². The molecule has 0 aliphatic heterocycles. The van der Waals surface area contributed by atoms with Crippen molar-refractivity contribution in [2.75, 3.05) is 13.6 Å². The number of aryl methyl sites for hydroxylation is 1. The van der Waals surface area contributed by atoms with Gasteiger partial charge in [0.05, 0.1) is 17.1 Å². The summed E-state index contributed by atoms with van der Waals surface area (Å²) in [5.41, 5.74) is 2.21. The number of guanidine groups is 1. The van der Waals surface area contributed by atoms with Crippen LogP contribution in [0.2, 0.25) is 0 Å². The molecule has 1 aromatic carbocycles. The standard InChI is InChI=1S/C19H22N4OS.HI/c1-20-19(21-11-5-9-15-7-3-2-4-8-15)22-13-16-14-24-18(23-16)17-10-6-12-25-17;/h2-4,6-8,10,12,14H,5,9,11,13H2,1H3,(H2,20,21,22);1H. The van der Waals surface area contributed by atoms with Crippen LogP contribution in [0.5, 0.6) is 0 Å². The molecule has 26 heavy (non-hydrogen) atoms. The van der Waals surface area contributed by atoms with Gasteiger partial charge in [-0.15, -0.1) is 35.3 Å². The number of halogens is 1. The van der Waals surface area contributed by atoms with E-state index in [0.29, 0.717) is 12.4 Å². The van der Waals surface area contributed by atoms with E-state index in [2.05, 4.69) is 44.9 Å². The third kappa shape index (κ3) is 6.14. The average molecular weight is 482 g/mol. The van der Waals surface area contributed by atoms with E-state index < -0.39 is 0 Å². The summed E-state index contributed by atoms with van der Waals surface area (Å²) in [6.07, 6.45) is 3.79. The molecule has 0 bridgehead atoms.